The van der Waals surface area contributed by atoms with E-state index < -0.39 is 46.9 Å². The first kappa shape index (κ1) is 26.5. The molecule has 2 N–H and O–H groups in total. The van der Waals surface area contributed by atoms with E-state index in [1.807, 2.05) is 0 Å². The molecule has 188 valence electrons. The largest absolute Gasteiger partial charge is 0.479 e. The van der Waals surface area contributed by atoms with Crippen molar-refractivity contribution in [1.29, 1.82) is 0 Å². The van der Waals surface area contributed by atoms with E-state index in [0.717, 1.165) is 6.07 Å². The van der Waals surface area contributed by atoms with E-state index in [0.29, 0.717) is 16.6 Å². The topological polar surface area (TPSA) is 106 Å². The molecule has 0 radical (unpaired) electrons. The average Bonchev–Trinajstić information content (AvgIpc) is 2.77. The lowest BCUT2D eigenvalue weighted by Crippen LogP contribution is -2.44. The summed E-state index contributed by atoms with van der Waals surface area (Å²) in [6.07, 6.45) is 3.06. The third-order valence-electron chi connectivity index (χ3n) is 4.59. The fraction of sp³-hybridized carbons (Fsp3) is 0.318. The first-order chi connectivity index (χ1) is 16.5. The monoisotopic (exact) mass is 529 g/mol. The molecule has 0 fully saturated rings. The van der Waals surface area contributed by atoms with Crippen LogP contribution >= 0.6 is 11.6 Å². The van der Waals surface area contributed by atoms with Crippen molar-refractivity contribution in [3.05, 3.63) is 47.5 Å². The van der Waals surface area contributed by atoms with E-state index >= 15 is 0 Å². The van der Waals surface area contributed by atoms with Crippen LogP contribution < -0.4 is 15.4 Å². The molecule has 1 atom stereocenters. The Labute approximate surface area is 205 Å². The van der Waals surface area contributed by atoms with Gasteiger partial charge in [0.15, 0.2) is 6.10 Å². The maximum absolute atomic E-state index is 14.0. The lowest BCUT2D eigenvalue weighted by Gasteiger charge is -2.20. The van der Waals surface area contributed by atoms with Gasteiger partial charge < -0.3 is 15.4 Å². The number of nitrogens with one attached hydrogen (secondary N) is 2. The molecule has 8 nitrogen and oxygen atoms in total. The average molecular weight is 530 g/mol. The predicted molar refractivity (Wildman–Crippen MR) is 130 cm³/mol. The van der Waals surface area contributed by atoms with E-state index in [1.54, 1.807) is 6.07 Å². The fourth-order valence-corrected chi connectivity index (χ4v) is 3.95. The maximum atomic E-state index is 14.0. The minimum Gasteiger partial charge on any atom is -0.479 e. The fourth-order valence-electron chi connectivity index (χ4n) is 3.03. The van der Waals surface area contributed by atoms with Crippen molar-refractivity contribution in [2.24, 2.45) is 4.36 Å². The summed E-state index contributed by atoms with van der Waals surface area (Å²) in [6, 6.07) is 5.42. The van der Waals surface area contributed by atoms with Gasteiger partial charge in [0.05, 0.1) is 33.3 Å². The molecule has 0 bridgehead atoms. The van der Waals surface area contributed by atoms with Crippen LogP contribution in [0.4, 0.5) is 30.4 Å². The molecule has 13 heteroatoms. The highest BCUT2D eigenvalue weighted by Gasteiger charge is 2.21. The van der Waals surface area contributed by atoms with Crippen LogP contribution in [0.1, 0.15) is 6.92 Å². The Hall–Kier alpha value is -3.12. The molecule has 3 aromatic rings. The highest BCUT2D eigenvalue weighted by molar-refractivity contribution is 7.92. The molecule has 0 aliphatic carbocycles. The summed E-state index contributed by atoms with van der Waals surface area (Å²) in [6.45, 7) is -0.795. The first-order valence-corrected chi connectivity index (χ1v) is 13.0. The lowest BCUT2D eigenvalue weighted by molar-refractivity contribution is -0.128. The van der Waals surface area contributed by atoms with Gasteiger partial charge in [0.1, 0.15) is 37.1 Å². The van der Waals surface area contributed by atoms with Gasteiger partial charge in [-0.05, 0) is 31.2 Å². The molecule has 0 aliphatic rings. The Morgan fingerprint density at radius 2 is 1.91 bits per heavy atom. The van der Waals surface area contributed by atoms with Crippen LogP contribution in [0.15, 0.2) is 41.0 Å². The molecular formula is C22H23ClF3N5O3S. The van der Waals surface area contributed by atoms with Crippen molar-refractivity contribution < 1.29 is 26.9 Å². The minimum absolute atomic E-state index is 0.0455. The van der Waals surface area contributed by atoms with Crippen molar-refractivity contribution in [3.8, 4) is 5.75 Å². The van der Waals surface area contributed by atoms with Gasteiger partial charge in [-0.3, -0.25) is 4.79 Å². The van der Waals surface area contributed by atoms with Gasteiger partial charge in [0.2, 0.25) is 0 Å². The highest BCUT2D eigenvalue weighted by Crippen LogP contribution is 2.36. The second-order valence-electron chi connectivity index (χ2n) is 7.86. The summed E-state index contributed by atoms with van der Waals surface area (Å²) >= 11 is 6.45. The third-order valence-corrected chi connectivity index (χ3v) is 5.54. The Kier molecular flexibility index (Phi) is 8.39. The highest BCUT2D eigenvalue weighted by atomic mass is 35.5. The molecule has 3 rings (SSSR count). The number of ether oxygens (including phenoxy) is 1. The summed E-state index contributed by atoms with van der Waals surface area (Å²) < 4.78 is 61.2. The van der Waals surface area contributed by atoms with E-state index in [2.05, 4.69) is 25.0 Å². The summed E-state index contributed by atoms with van der Waals surface area (Å²) in [5.74, 6) is -1.20. The zero-order valence-corrected chi connectivity index (χ0v) is 20.6. The van der Waals surface area contributed by atoms with Crippen molar-refractivity contribution in [2.75, 3.05) is 31.2 Å². The molecule has 0 aliphatic heterocycles. The molecule has 35 heavy (non-hydrogen) atoms. The van der Waals surface area contributed by atoms with Gasteiger partial charge >= 0.3 is 0 Å². The van der Waals surface area contributed by atoms with Crippen LogP contribution in [-0.2, 0) is 14.5 Å². The number of anilines is 2. The SMILES string of the molecule is C[C@@H](Oc1cc(F)ccc1Nc1ncnc2cc(N=S(C)(C)=O)cc(Cl)c12)C(=O)NC(CF)CF. The number of halogens is 4. The summed E-state index contributed by atoms with van der Waals surface area (Å²) in [5.41, 5.74) is 1.04. The molecule has 1 aromatic heterocycles. The molecule has 2 aromatic carbocycles. The van der Waals surface area contributed by atoms with Crippen LogP contribution in [-0.4, -0.2) is 58.1 Å². The van der Waals surface area contributed by atoms with Crippen molar-refractivity contribution in [2.45, 2.75) is 19.1 Å². The summed E-state index contributed by atoms with van der Waals surface area (Å²) in [5, 5.41) is 5.82. The van der Waals surface area contributed by atoms with Gasteiger partial charge in [0.25, 0.3) is 5.91 Å². The number of carbonyl (C=O) groups excluding carboxylic acids is 1. The van der Waals surface area contributed by atoms with Crippen molar-refractivity contribution in [3.63, 3.8) is 0 Å². The number of nitrogens with zero attached hydrogens (tertiary/aromatic N) is 3. The minimum atomic E-state index is -2.43. The number of carbonyl (C=O) groups is 1. The zero-order valence-electron chi connectivity index (χ0n) is 19.0. The Morgan fingerprint density at radius 3 is 2.57 bits per heavy atom. The Morgan fingerprint density at radius 1 is 1.20 bits per heavy atom. The molecule has 0 saturated heterocycles. The van der Waals surface area contributed by atoms with E-state index in [1.165, 1.54) is 44.0 Å². The van der Waals surface area contributed by atoms with E-state index in [4.69, 9.17) is 16.3 Å². The molecule has 0 saturated carbocycles. The Bertz CT molecular complexity index is 1360. The van der Waals surface area contributed by atoms with Gasteiger partial charge in [-0.25, -0.2) is 27.3 Å². The number of rotatable bonds is 9. The van der Waals surface area contributed by atoms with Crippen LogP contribution in [0.3, 0.4) is 0 Å². The normalized spacial score (nSPS) is 12.5. The smallest absolute Gasteiger partial charge is 0.261 e. The standard InChI is InChI=1S/C22H23ClF3N5O3S/c1-12(22(32)29-15(9-24)10-25)34-19-6-13(26)4-5-17(19)30-21-20-16(23)7-14(31-35(2,3)33)8-18(20)27-11-28-21/h4-8,11-12,15H,9-10H2,1-3H3,(H,29,32)(H,27,28,30)/t12-/m1/s1. The number of benzene rings is 2. The molecule has 0 unspecified atom stereocenters. The van der Waals surface area contributed by atoms with Crippen molar-refractivity contribution in [1.82, 2.24) is 15.3 Å². The van der Waals surface area contributed by atoms with Crippen molar-refractivity contribution >= 4 is 55.3 Å². The molecule has 1 amide bonds. The molecule has 1 heterocycles. The zero-order chi connectivity index (χ0) is 25.8. The molecular weight excluding hydrogens is 507 g/mol. The van der Waals surface area contributed by atoms with Crippen LogP contribution in [0, 0.1) is 5.82 Å². The second-order valence-corrected chi connectivity index (χ2v) is 10.8. The van der Waals surface area contributed by atoms with Crippen LogP contribution in [0.2, 0.25) is 5.02 Å². The first-order valence-electron chi connectivity index (χ1n) is 10.3. The number of hydrogen-bond donors (Lipinski definition) is 2. The number of fused-ring (bicyclic) bond motifs is 1. The number of alkyl halides is 2. The predicted octanol–water partition coefficient (Wildman–Crippen LogP) is 4.72. The lowest BCUT2D eigenvalue weighted by atomic mass is 10.2. The van der Waals surface area contributed by atoms with E-state index in [9.17, 15) is 22.2 Å². The Balaban J connectivity index is 1.94. The second kappa shape index (κ2) is 11.1. The maximum Gasteiger partial charge on any atom is 0.261 e. The van der Waals surface area contributed by atoms with Gasteiger partial charge in [-0.1, -0.05) is 11.6 Å². The van der Waals surface area contributed by atoms with E-state index in [-0.39, 0.29) is 22.3 Å². The number of hydrogen-bond acceptors (Lipinski definition) is 7. The summed E-state index contributed by atoms with van der Waals surface area (Å²) in [7, 11) is -2.43. The van der Waals surface area contributed by atoms with Crippen LogP contribution in [0.5, 0.6) is 5.75 Å². The van der Waals surface area contributed by atoms with Gasteiger partial charge in [-0.2, -0.15) is 4.36 Å². The third kappa shape index (κ3) is 6.95. The molecule has 0 spiro atoms. The quantitative estimate of drug-likeness (QED) is 0.415. The van der Waals surface area contributed by atoms with Gasteiger partial charge in [-0.15, -0.1) is 0 Å². The number of amides is 1. The van der Waals surface area contributed by atoms with Crippen LogP contribution in [0.25, 0.3) is 10.9 Å². The van der Waals surface area contributed by atoms with Gasteiger partial charge in [0, 0.05) is 28.3 Å². The summed E-state index contributed by atoms with van der Waals surface area (Å²) in [4.78, 5) is 20.6. The number of aromatic nitrogens is 2.